The molecule has 0 saturated carbocycles. The number of anilines is 3. The normalized spacial score (nSPS) is 14.7. The van der Waals surface area contributed by atoms with Crippen molar-refractivity contribution in [1.82, 2.24) is 4.98 Å². The van der Waals surface area contributed by atoms with Crippen LogP contribution in [0.4, 0.5) is 17.3 Å². The van der Waals surface area contributed by atoms with Crippen LogP contribution in [0, 0.1) is 17.2 Å². The molecule has 1 unspecified atom stereocenters. The minimum atomic E-state index is -0.116. The van der Waals surface area contributed by atoms with Gasteiger partial charge in [-0.05, 0) is 61.7 Å². The molecule has 4 aromatic rings. The Hall–Kier alpha value is -4.51. The van der Waals surface area contributed by atoms with Crippen molar-refractivity contribution in [3.63, 3.8) is 0 Å². The number of aromatic nitrogens is 1. The van der Waals surface area contributed by atoms with E-state index in [1.165, 1.54) is 11.8 Å². The Morgan fingerprint density at radius 2 is 1.78 bits per heavy atom. The fourth-order valence-electron chi connectivity index (χ4n) is 4.42. The van der Waals surface area contributed by atoms with E-state index in [1.807, 2.05) is 47.4 Å². The number of carbonyl (C=O) groups is 1. The smallest absolute Gasteiger partial charge is 0.266 e. The summed E-state index contributed by atoms with van der Waals surface area (Å²) >= 11 is 0. The highest BCUT2D eigenvalue weighted by Crippen LogP contribution is 2.31. The number of furan rings is 1. The zero-order chi connectivity index (χ0) is 24.9. The number of nitrogens with zero attached hydrogens (tertiary/aromatic N) is 3. The van der Waals surface area contributed by atoms with Crippen LogP contribution in [0.15, 0.2) is 81.8 Å². The molecular weight excluding hydrogens is 454 g/mol. The van der Waals surface area contributed by atoms with Crippen molar-refractivity contribution in [3.05, 3.63) is 84.3 Å². The van der Waals surface area contributed by atoms with Gasteiger partial charge in [0.25, 0.3) is 5.89 Å². The Morgan fingerprint density at radius 1 is 1.06 bits per heavy atom. The number of rotatable bonds is 7. The second-order valence-corrected chi connectivity index (χ2v) is 8.87. The molecule has 2 aromatic heterocycles. The fourth-order valence-corrected chi connectivity index (χ4v) is 4.42. The van der Waals surface area contributed by atoms with E-state index < -0.39 is 0 Å². The highest BCUT2D eigenvalue weighted by Gasteiger charge is 2.29. The van der Waals surface area contributed by atoms with E-state index in [1.54, 1.807) is 12.1 Å². The summed E-state index contributed by atoms with van der Waals surface area (Å²) in [5, 5.41) is 16.0. The van der Waals surface area contributed by atoms with Gasteiger partial charge in [-0.3, -0.25) is 4.79 Å². The number of hydrogen-bond donors (Lipinski definition) is 2. The maximum Gasteiger partial charge on any atom is 0.266 e. The first-order chi connectivity index (χ1) is 17.6. The number of oxazole rings is 1. The molecular formula is C28H27N5O3. The summed E-state index contributed by atoms with van der Waals surface area (Å²) in [7, 11) is 0. The zero-order valence-electron chi connectivity index (χ0n) is 20.0. The van der Waals surface area contributed by atoms with E-state index in [-0.39, 0.29) is 29.5 Å². The minimum Gasteiger partial charge on any atom is -0.459 e. The molecule has 36 heavy (non-hydrogen) atoms. The molecule has 1 fully saturated rings. The molecule has 0 bridgehead atoms. The van der Waals surface area contributed by atoms with E-state index >= 15 is 0 Å². The predicted molar refractivity (Wildman–Crippen MR) is 137 cm³/mol. The van der Waals surface area contributed by atoms with Crippen LogP contribution in [-0.4, -0.2) is 24.0 Å². The largest absolute Gasteiger partial charge is 0.459 e. The third-order valence-corrected chi connectivity index (χ3v) is 6.44. The van der Waals surface area contributed by atoms with Crippen molar-refractivity contribution in [2.45, 2.75) is 25.8 Å². The zero-order valence-corrected chi connectivity index (χ0v) is 20.0. The average molecular weight is 482 g/mol. The molecule has 1 saturated heterocycles. The molecule has 2 aromatic carbocycles. The van der Waals surface area contributed by atoms with Crippen molar-refractivity contribution in [2.24, 2.45) is 5.92 Å². The summed E-state index contributed by atoms with van der Waals surface area (Å²) in [4.78, 5) is 19.1. The van der Waals surface area contributed by atoms with Crippen LogP contribution in [0.25, 0.3) is 11.7 Å². The molecule has 2 N–H and O–H groups in total. The van der Waals surface area contributed by atoms with Gasteiger partial charge in [0.2, 0.25) is 17.5 Å². The molecule has 1 aliphatic rings. The van der Waals surface area contributed by atoms with Gasteiger partial charge >= 0.3 is 0 Å². The van der Waals surface area contributed by atoms with Crippen LogP contribution in [-0.2, 0) is 4.79 Å². The van der Waals surface area contributed by atoms with Crippen LogP contribution in [0.3, 0.4) is 0 Å². The lowest BCUT2D eigenvalue weighted by Gasteiger charge is -2.31. The van der Waals surface area contributed by atoms with Gasteiger partial charge in [0, 0.05) is 36.4 Å². The second kappa shape index (κ2) is 10.4. The SMILES string of the molecule is CC(Nc1ccc(NC(=O)C2CCN(c3oc(-c4ccco4)nc3C#N)CC2)cc1)c1ccccc1. The molecule has 182 valence electrons. The second-order valence-electron chi connectivity index (χ2n) is 8.87. The van der Waals surface area contributed by atoms with Gasteiger partial charge < -0.3 is 24.4 Å². The molecule has 0 radical (unpaired) electrons. The summed E-state index contributed by atoms with van der Waals surface area (Å²) in [6, 6.07) is 23.8. The molecule has 0 spiro atoms. The molecule has 1 aliphatic heterocycles. The standard InChI is InChI=1S/C28H27N5O3/c1-19(20-6-3-2-4-7-20)30-22-9-11-23(12-10-22)31-26(34)21-13-15-33(16-14-21)28-24(18-29)32-27(36-28)25-8-5-17-35-25/h2-12,17,19,21,30H,13-16H2,1H3,(H,31,34). The Kier molecular flexibility index (Phi) is 6.72. The van der Waals surface area contributed by atoms with Gasteiger partial charge in [-0.25, -0.2) is 0 Å². The lowest BCUT2D eigenvalue weighted by Crippen LogP contribution is -2.38. The van der Waals surface area contributed by atoms with Crippen LogP contribution < -0.4 is 15.5 Å². The Morgan fingerprint density at radius 3 is 2.44 bits per heavy atom. The molecule has 3 heterocycles. The van der Waals surface area contributed by atoms with Crippen LogP contribution >= 0.6 is 0 Å². The highest BCUT2D eigenvalue weighted by atomic mass is 16.4. The predicted octanol–water partition coefficient (Wildman–Crippen LogP) is 5.83. The Bertz CT molecular complexity index is 1330. The van der Waals surface area contributed by atoms with E-state index in [2.05, 4.69) is 40.7 Å². The fraction of sp³-hybridized carbons (Fsp3) is 0.250. The third kappa shape index (κ3) is 5.10. The molecule has 5 rings (SSSR count). The first kappa shape index (κ1) is 23.2. The summed E-state index contributed by atoms with van der Waals surface area (Å²) < 4.78 is 11.2. The quantitative estimate of drug-likeness (QED) is 0.342. The minimum absolute atomic E-state index is 0.00219. The lowest BCUT2D eigenvalue weighted by molar-refractivity contribution is -0.120. The van der Waals surface area contributed by atoms with Gasteiger partial charge in [0.05, 0.1) is 6.26 Å². The van der Waals surface area contributed by atoms with Crippen molar-refractivity contribution in [3.8, 4) is 17.7 Å². The maximum absolute atomic E-state index is 12.9. The number of amides is 1. The van der Waals surface area contributed by atoms with Crippen LogP contribution in [0.1, 0.15) is 37.1 Å². The number of hydrogen-bond acceptors (Lipinski definition) is 7. The summed E-state index contributed by atoms with van der Waals surface area (Å²) in [6.45, 7) is 3.31. The Labute approximate surface area is 209 Å². The number of piperidine rings is 1. The van der Waals surface area contributed by atoms with Crippen molar-refractivity contribution in [2.75, 3.05) is 28.6 Å². The van der Waals surface area contributed by atoms with Crippen LogP contribution in [0.2, 0.25) is 0 Å². The van der Waals surface area contributed by atoms with Crippen LogP contribution in [0.5, 0.6) is 0 Å². The number of carbonyl (C=O) groups excluding carboxylic acids is 1. The Balaban J connectivity index is 1.15. The highest BCUT2D eigenvalue weighted by molar-refractivity contribution is 5.92. The molecule has 8 nitrogen and oxygen atoms in total. The molecule has 8 heteroatoms. The number of nitrogens with one attached hydrogen (secondary N) is 2. The van der Waals surface area contributed by atoms with Crippen molar-refractivity contribution < 1.29 is 13.6 Å². The van der Waals surface area contributed by atoms with Crippen molar-refractivity contribution >= 4 is 23.2 Å². The summed E-state index contributed by atoms with van der Waals surface area (Å²) in [5.74, 6) is 1.07. The maximum atomic E-state index is 12.9. The van der Waals surface area contributed by atoms with E-state index in [4.69, 9.17) is 8.83 Å². The summed E-state index contributed by atoms with van der Waals surface area (Å²) in [5.41, 5.74) is 3.20. The van der Waals surface area contributed by atoms with Gasteiger partial charge in [-0.15, -0.1) is 0 Å². The average Bonchev–Trinajstić information content (AvgIpc) is 3.61. The third-order valence-electron chi connectivity index (χ3n) is 6.44. The van der Waals surface area contributed by atoms with E-state index in [0.717, 1.165) is 11.4 Å². The van der Waals surface area contributed by atoms with Gasteiger partial charge in [-0.1, -0.05) is 30.3 Å². The van der Waals surface area contributed by atoms with Crippen molar-refractivity contribution in [1.29, 1.82) is 5.26 Å². The van der Waals surface area contributed by atoms with E-state index in [9.17, 15) is 10.1 Å². The van der Waals surface area contributed by atoms with Gasteiger partial charge in [0.1, 0.15) is 6.07 Å². The first-order valence-corrected chi connectivity index (χ1v) is 12.0. The molecule has 1 atom stereocenters. The van der Waals surface area contributed by atoms with Gasteiger partial charge in [-0.2, -0.15) is 10.2 Å². The molecule has 1 amide bonds. The lowest BCUT2D eigenvalue weighted by atomic mass is 9.96. The molecule has 0 aliphatic carbocycles. The number of benzene rings is 2. The number of nitriles is 1. The first-order valence-electron chi connectivity index (χ1n) is 12.0. The summed E-state index contributed by atoms with van der Waals surface area (Å²) in [6.07, 6.45) is 2.84. The monoisotopic (exact) mass is 481 g/mol. The topological polar surface area (TPSA) is 107 Å². The van der Waals surface area contributed by atoms with Gasteiger partial charge in [0.15, 0.2) is 5.76 Å². The van der Waals surface area contributed by atoms with E-state index in [0.29, 0.717) is 37.6 Å².